The van der Waals surface area contributed by atoms with Gasteiger partial charge in [0.25, 0.3) is 0 Å². The molecule has 0 amide bonds. The highest BCUT2D eigenvalue weighted by Gasteiger charge is 2.51. The van der Waals surface area contributed by atoms with E-state index in [1.165, 1.54) is 0 Å². The van der Waals surface area contributed by atoms with E-state index in [2.05, 4.69) is 12.1 Å². The number of hydrogen-bond donors (Lipinski definition) is 4. The van der Waals surface area contributed by atoms with Crippen molar-refractivity contribution in [1.82, 2.24) is 0 Å². The summed E-state index contributed by atoms with van der Waals surface area (Å²) in [7, 11) is 0. The summed E-state index contributed by atoms with van der Waals surface area (Å²) in [5.41, 5.74) is 2.12. The van der Waals surface area contributed by atoms with E-state index in [-0.39, 0.29) is 6.61 Å². The smallest absolute Gasteiger partial charge is 0.146 e. The van der Waals surface area contributed by atoms with Gasteiger partial charge < -0.3 is 25.2 Å². The van der Waals surface area contributed by atoms with Crippen LogP contribution in [0.2, 0.25) is 0 Å². The number of thiophene rings is 1. The fourth-order valence-corrected chi connectivity index (χ4v) is 5.10. The van der Waals surface area contributed by atoms with Crippen LogP contribution in [0.4, 0.5) is 0 Å². The molecular formula is C25H25NO5S. The molecule has 1 saturated heterocycles. The molecule has 6 nitrogen and oxygen atoms in total. The van der Waals surface area contributed by atoms with Crippen molar-refractivity contribution in [2.24, 2.45) is 0 Å². The van der Waals surface area contributed by atoms with E-state index in [9.17, 15) is 20.4 Å². The molecule has 2 heterocycles. The summed E-state index contributed by atoms with van der Waals surface area (Å²) in [4.78, 5) is 2.22. The zero-order chi connectivity index (χ0) is 22.9. The predicted octanol–water partition coefficient (Wildman–Crippen LogP) is 2.49. The molecule has 0 radical (unpaired) electrons. The number of hydrogen-bond acceptors (Lipinski definition) is 7. The van der Waals surface area contributed by atoms with Gasteiger partial charge >= 0.3 is 0 Å². The number of aryl methyl sites for hydroxylation is 1. The Hall–Kier alpha value is -2.57. The molecule has 0 spiro atoms. The lowest BCUT2D eigenvalue weighted by Crippen LogP contribution is -2.61. The lowest BCUT2D eigenvalue weighted by Gasteiger charge is -2.44. The molecule has 4 rings (SSSR count). The minimum absolute atomic E-state index is 0.180. The quantitative estimate of drug-likeness (QED) is 0.474. The molecule has 0 aliphatic carbocycles. The number of nitriles is 1. The van der Waals surface area contributed by atoms with Crippen LogP contribution < -0.4 is 0 Å². The minimum Gasteiger partial charge on any atom is -0.394 e. The second-order valence-electron chi connectivity index (χ2n) is 8.11. The average molecular weight is 452 g/mol. The number of aliphatic hydroxyl groups is 4. The van der Waals surface area contributed by atoms with Gasteiger partial charge in [0.05, 0.1) is 24.8 Å². The monoisotopic (exact) mass is 451 g/mol. The molecule has 0 bridgehead atoms. The second kappa shape index (κ2) is 9.12. The number of benzene rings is 2. The third kappa shape index (κ3) is 4.09. The maximum absolute atomic E-state index is 11.2. The zero-order valence-corrected chi connectivity index (χ0v) is 18.4. The van der Waals surface area contributed by atoms with Gasteiger partial charge in [-0.1, -0.05) is 30.3 Å². The van der Waals surface area contributed by atoms with Crippen LogP contribution in [0.15, 0.2) is 54.6 Å². The second-order valence-corrected chi connectivity index (χ2v) is 9.28. The van der Waals surface area contributed by atoms with Crippen molar-refractivity contribution in [1.29, 1.82) is 5.26 Å². The summed E-state index contributed by atoms with van der Waals surface area (Å²) in [6, 6.07) is 19.1. The Morgan fingerprint density at radius 3 is 2.56 bits per heavy atom. The van der Waals surface area contributed by atoms with Crippen LogP contribution in [0.5, 0.6) is 0 Å². The Morgan fingerprint density at radius 1 is 1.12 bits per heavy atom. The summed E-state index contributed by atoms with van der Waals surface area (Å²) in [6.45, 7) is 1.34. The lowest BCUT2D eigenvalue weighted by atomic mass is 9.78. The predicted molar refractivity (Wildman–Crippen MR) is 121 cm³/mol. The van der Waals surface area contributed by atoms with E-state index < -0.39 is 30.5 Å². The highest BCUT2D eigenvalue weighted by atomic mass is 32.1. The number of aliphatic hydroxyl groups excluding tert-OH is 3. The first kappa shape index (κ1) is 22.6. The van der Waals surface area contributed by atoms with Crippen molar-refractivity contribution < 1.29 is 25.2 Å². The standard InChI is InChI=1S/C25H25NO5S/c1-15-2-7-19(25(30)23(28)14-31-21(13-27)24(25)29)10-18(15)11-20-8-9-22(32-20)17-5-3-16(12-26)4-6-17/h2-10,21,23-24,27-30H,11,13-14H2,1H3/t21-,23+,24-,25+/m1/s1. The topological polar surface area (TPSA) is 114 Å². The van der Waals surface area contributed by atoms with Crippen molar-refractivity contribution in [2.45, 2.75) is 37.3 Å². The van der Waals surface area contributed by atoms with Crippen LogP contribution in [-0.4, -0.2) is 52.0 Å². The maximum Gasteiger partial charge on any atom is 0.146 e. The van der Waals surface area contributed by atoms with Crippen LogP contribution >= 0.6 is 11.3 Å². The third-order valence-electron chi connectivity index (χ3n) is 6.10. The zero-order valence-electron chi connectivity index (χ0n) is 17.6. The SMILES string of the molecule is Cc1ccc([C@@]2(O)[C@H](O)[C@@H](CO)OC[C@@H]2O)cc1Cc1ccc(-c2ccc(C#N)cc2)s1. The van der Waals surface area contributed by atoms with E-state index in [0.29, 0.717) is 17.5 Å². The van der Waals surface area contributed by atoms with Crippen LogP contribution in [0.3, 0.4) is 0 Å². The first-order valence-electron chi connectivity index (χ1n) is 10.4. The Labute approximate surface area is 190 Å². The van der Waals surface area contributed by atoms with Gasteiger partial charge in [-0.3, -0.25) is 0 Å². The highest BCUT2D eigenvalue weighted by Crippen LogP contribution is 2.37. The average Bonchev–Trinajstić information content (AvgIpc) is 3.27. The summed E-state index contributed by atoms with van der Waals surface area (Å²) in [5, 5.41) is 50.7. The van der Waals surface area contributed by atoms with E-state index in [1.54, 1.807) is 29.5 Å². The largest absolute Gasteiger partial charge is 0.394 e. The van der Waals surface area contributed by atoms with Gasteiger partial charge in [-0.2, -0.15) is 5.26 Å². The third-order valence-corrected chi connectivity index (χ3v) is 7.23. The molecule has 32 heavy (non-hydrogen) atoms. The summed E-state index contributed by atoms with van der Waals surface area (Å²) in [6.07, 6.45) is -3.12. The number of nitrogens with zero attached hydrogens (tertiary/aromatic N) is 1. The van der Waals surface area contributed by atoms with Gasteiger partial charge in [0.15, 0.2) is 0 Å². The molecule has 166 valence electrons. The normalized spacial score (nSPS) is 25.4. The van der Waals surface area contributed by atoms with Crippen molar-refractivity contribution >= 4 is 11.3 Å². The molecule has 7 heteroatoms. The molecule has 0 saturated carbocycles. The van der Waals surface area contributed by atoms with Gasteiger partial charge in [-0.25, -0.2) is 0 Å². The molecule has 3 aromatic rings. The maximum atomic E-state index is 11.2. The molecule has 1 aliphatic rings. The van der Waals surface area contributed by atoms with Crippen LogP contribution in [0, 0.1) is 18.3 Å². The van der Waals surface area contributed by atoms with E-state index in [4.69, 9.17) is 10.00 Å². The van der Waals surface area contributed by atoms with Gasteiger partial charge in [-0.05, 0) is 53.4 Å². The van der Waals surface area contributed by atoms with E-state index in [0.717, 1.165) is 26.4 Å². The van der Waals surface area contributed by atoms with Gasteiger partial charge in [0, 0.05) is 16.2 Å². The molecule has 0 unspecified atom stereocenters. The summed E-state index contributed by atoms with van der Waals surface area (Å²) < 4.78 is 5.25. The molecule has 1 aromatic heterocycles. The Morgan fingerprint density at radius 2 is 1.88 bits per heavy atom. The fourth-order valence-electron chi connectivity index (χ4n) is 4.06. The van der Waals surface area contributed by atoms with Crippen molar-refractivity contribution in [3.05, 3.63) is 81.7 Å². The molecule has 4 N–H and O–H groups in total. The lowest BCUT2D eigenvalue weighted by molar-refractivity contribution is -0.253. The molecule has 1 aliphatic heterocycles. The van der Waals surface area contributed by atoms with E-state index >= 15 is 0 Å². The fraction of sp³-hybridized carbons (Fsp3) is 0.320. The van der Waals surface area contributed by atoms with E-state index in [1.807, 2.05) is 37.3 Å². The van der Waals surface area contributed by atoms with Gasteiger partial charge in [0.1, 0.15) is 23.9 Å². The van der Waals surface area contributed by atoms with Crippen molar-refractivity contribution in [3.8, 4) is 16.5 Å². The number of ether oxygens (including phenoxy) is 1. The Kier molecular flexibility index (Phi) is 6.45. The highest BCUT2D eigenvalue weighted by molar-refractivity contribution is 7.15. The first-order valence-corrected chi connectivity index (χ1v) is 11.2. The van der Waals surface area contributed by atoms with Gasteiger partial charge in [-0.15, -0.1) is 11.3 Å². The summed E-state index contributed by atoms with van der Waals surface area (Å²) in [5.74, 6) is 0. The first-order chi connectivity index (χ1) is 15.4. The van der Waals surface area contributed by atoms with Crippen LogP contribution in [0.25, 0.3) is 10.4 Å². The number of rotatable bonds is 5. The van der Waals surface area contributed by atoms with Crippen LogP contribution in [-0.2, 0) is 16.8 Å². The molecule has 1 fully saturated rings. The molecular weight excluding hydrogens is 426 g/mol. The van der Waals surface area contributed by atoms with Crippen molar-refractivity contribution in [2.75, 3.05) is 13.2 Å². The summed E-state index contributed by atoms with van der Waals surface area (Å²) >= 11 is 1.65. The minimum atomic E-state index is -1.93. The Bertz CT molecular complexity index is 1140. The molecule has 2 aromatic carbocycles. The van der Waals surface area contributed by atoms with Crippen LogP contribution in [0.1, 0.15) is 27.1 Å². The Balaban J connectivity index is 1.61. The van der Waals surface area contributed by atoms with Crippen molar-refractivity contribution in [3.63, 3.8) is 0 Å². The van der Waals surface area contributed by atoms with Gasteiger partial charge in [0.2, 0.25) is 0 Å². The molecule has 4 atom stereocenters.